The van der Waals surface area contributed by atoms with Crippen LogP contribution in [-0.2, 0) is 9.59 Å². The second-order valence-electron chi connectivity index (χ2n) is 5.31. The van der Waals surface area contributed by atoms with Crippen molar-refractivity contribution in [3.05, 3.63) is 28.2 Å². The number of hydrogen-bond acceptors (Lipinski definition) is 3. The summed E-state index contributed by atoms with van der Waals surface area (Å²) in [7, 11) is 0. The Hall–Kier alpha value is -1.40. The third-order valence-electron chi connectivity index (χ3n) is 3.58. The lowest BCUT2D eigenvalue weighted by Crippen LogP contribution is -2.49. The summed E-state index contributed by atoms with van der Waals surface area (Å²) < 4.78 is 0.886. The van der Waals surface area contributed by atoms with Crippen LogP contribution in [0.3, 0.4) is 0 Å². The number of benzene rings is 1. The Morgan fingerprint density at radius 2 is 1.90 bits per heavy atom. The molecule has 1 aromatic rings. The van der Waals surface area contributed by atoms with Crippen molar-refractivity contribution >= 4 is 33.4 Å². The number of carbonyl (C=O) groups is 2. The van der Waals surface area contributed by atoms with Crippen LogP contribution in [0.25, 0.3) is 0 Å². The first kappa shape index (κ1) is 16.0. The first-order valence-corrected chi connectivity index (χ1v) is 7.79. The number of nitrogens with zero attached hydrogens (tertiary/aromatic N) is 2. The van der Waals surface area contributed by atoms with Crippen molar-refractivity contribution in [2.75, 3.05) is 38.0 Å². The van der Waals surface area contributed by atoms with Crippen LogP contribution < -0.4 is 5.32 Å². The van der Waals surface area contributed by atoms with Gasteiger partial charge in [-0.3, -0.25) is 14.5 Å². The third-order valence-corrected chi connectivity index (χ3v) is 4.24. The number of rotatable bonds is 3. The van der Waals surface area contributed by atoms with Gasteiger partial charge in [-0.15, -0.1) is 0 Å². The van der Waals surface area contributed by atoms with Crippen molar-refractivity contribution in [1.29, 1.82) is 0 Å². The maximum absolute atomic E-state index is 12.1. The van der Waals surface area contributed by atoms with Gasteiger partial charge in [0.15, 0.2) is 0 Å². The van der Waals surface area contributed by atoms with E-state index in [2.05, 4.69) is 26.1 Å². The Labute approximate surface area is 133 Å². The highest BCUT2D eigenvalue weighted by atomic mass is 79.9. The van der Waals surface area contributed by atoms with Crippen molar-refractivity contribution in [1.82, 2.24) is 9.80 Å². The molecule has 0 spiro atoms. The van der Waals surface area contributed by atoms with Crippen LogP contribution in [0, 0.1) is 6.92 Å². The fraction of sp³-hybridized carbons (Fsp3) is 0.467. The van der Waals surface area contributed by atoms with Crippen molar-refractivity contribution < 1.29 is 9.59 Å². The maximum Gasteiger partial charge on any atom is 0.238 e. The molecular formula is C15H20BrN3O2. The summed E-state index contributed by atoms with van der Waals surface area (Å²) in [6.07, 6.45) is 0. The highest BCUT2D eigenvalue weighted by molar-refractivity contribution is 9.10. The summed E-state index contributed by atoms with van der Waals surface area (Å²) in [5, 5.41) is 2.91. The predicted octanol–water partition coefficient (Wildman–Crippen LogP) is 1.86. The SMILES string of the molecule is CC(=O)N1CCN(CC(=O)Nc2ccc(C)cc2Br)CC1. The molecule has 6 heteroatoms. The molecule has 1 saturated heterocycles. The van der Waals surface area contributed by atoms with Crippen LogP contribution in [0.1, 0.15) is 12.5 Å². The number of piperazine rings is 1. The summed E-state index contributed by atoms with van der Waals surface area (Å²) in [5.41, 5.74) is 1.92. The first-order valence-electron chi connectivity index (χ1n) is 6.99. The number of amides is 2. The number of aryl methyl sites for hydroxylation is 1. The fourth-order valence-corrected chi connectivity index (χ4v) is 2.93. The lowest BCUT2D eigenvalue weighted by molar-refractivity contribution is -0.130. The average molecular weight is 354 g/mol. The van der Waals surface area contributed by atoms with Crippen molar-refractivity contribution in [3.8, 4) is 0 Å². The summed E-state index contributed by atoms with van der Waals surface area (Å²) in [6, 6.07) is 5.83. The van der Waals surface area contributed by atoms with Gasteiger partial charge in [0.2, 0.25) is 11.8 Å². The smallest absolute Gasteiger partial charge is 0.238 e. The molecule has 1 aliphatic heterocycles. The Balaban J connectivity index is 1.84. The molecule has 114 valence electrons. The lowest BCUT2D eigenvalue weighted by Gasteiger charge is -2.33. The maximum atomic E-state index is 12.1. The lowest BCUT2D eigenvalue weighted by atomic mass is 10.2. The van der Waals surface area contributed by atoms with Gasteiger partial charge in [0, 0.05) is 37.6 Å². The Morgan fingerprint density at radius 3 is 2.48 bits per heavy atom. The second kappa shape index (κ2) is 7.04. The van der Waals surface area contributed by atoms with Gasteiger partial charge >= 0.3 is 0 Å². The Kier molecular flexibility index (Phi) is 5.36. The molecule has 0 saturated carbocycles. The second-order valence-corrected chi connectivity index (χ2v) is 6.17. The van der Waals surface area contributed by atoms with Gasteiger partial charge < -0.3 is 10.2 Å². The molecule has 0 aromatic heterocycles. The summed E-state index contributed by atoms with van der Waals surface area (Å²) >= 11 is 3.45. The molecule has 1 aromatic carbocycles. The summed E-state index contributed by atoms with van der Waals surface area (Å²) in [5.74, 6) is 0.0681. The molecule has 0 radical (unpaired) electrons. The molecular weight excluding hydrogens is 334 g/mol. The number of anilines is 1. The van der Waals surface area contributed by atoms with Crippen molar-refractivity contribution in [2.24, 2.45) is 0 Å². The van der Waals surface area contributed by atoms with Crippen LogP contribution >= 0.6 is 15.9 Å². The minimum atomic E-state index is -0.0316. The number of halogens is 1. The van der Waals surface area contributed by atoms with E-state index in [0.717, 1.165) is 28.8 Å². The van der Waals surface area contributed by atoms with E-state index in [9.17, 15) is 9.59 Å². The summed E-state index contributed by atoms with van der Waals surface area (Å²) in [6.45, 7) is 6.80. The molecule has 5 nitrogen and oxygen atoms in total. The van der Waals surface area contributed by atoms with Crippen molar-refractivity contribution in [2.45, 2.75) is 13.8 Å². The number of carbonyl (C=O) groups excluding carboxylic acids is 2. The van der Waals surface area contributed by atoms with E-state index in [0.29, 0.717) is 19.6 Å². The van der Waals surface area contributed by atoms with E-state index < -0.39 is 0 Å². The predicted molar refractivity (Wildman–Crippen MR) is 86.2 cm³/mol. The van der Waals surface area contributed by atoms with Gasteiger partial charge in [0.25, 0.3) is 0 Å². The highest BCUT2D eigenvalue weighted by Gasteiger charge is 2.20. The molecule has 21 heavy (non-hydrogen) atoms. The van der Waals surface area contributed by atoms with E-state index in [1.54, 1.807) is 6.92 Å². The largest absolute Gasteiger partial charge is 0.340 e. The van der Waals surface area contributed by atoms with Crippen LogP contribution in [0.5, 0.6) is 0 Å². The fourth-order valence-electron chi connectivity index (χ4n) is 2.34. The van der Waals surface area contributed by atoms with E-state index >= 15 is 0 Å². The molecule has 0 bridgehead atoms. The molecule has 0 aliphatic carbocycles. The minimum Gasteiger partial charge on any atom is -0.340 e. The third kappa shape index (κ3) is 4.54. The first-order chi connectivity index (χ1) is 9.95. The topological polar surface area (TPSA) is 52.7 Å². The average Bonchev–Trinajstić information content (AvgIpc) is 2.42. The van der Waals surface area contributed by atoms with Gasteiger partial charge in [0.05, 0.1) is 12.2 Å². The quantitative estimate of drug-likeness (QED) is 0.902. The van der Waals surface area contributed by atoms with E-state index in [1.165, 1.54) is 0 Å². The molecule has 1 heterocycles. The van der Waals surface area contributed by atoms with Crippen LogP contribution in [0.4, 0.5) is 5.69 Å². The monoisotopic (exact) mass is 353 g/mol. The zero-order valence-corrected chi connectivity index (χ0v) is 13.9. The Bertz CT molecular complexity index is 540. The molecule has 1 aliphatic rings. The highest BCUT2D eigenvalue weighted by Crippen LogP contribution is 2.23. The van der Waals surface area contributed by atoms with Gasteiger partial charge in [-0.25, -0.2) is 0 Å². The number of hydrogen-bond donors (Lipinski definition) is 1. The van der Waals surface area contributed by atoms with E-state index in [4.69, 9.17) is 0 Å². The van der Waals surface area contributed by atoms with Crippen molar-refractivity contribution in [3.63, 3.8) is 0 Å². The zero-order chi connectivity index (χ0) is 15.4. The molecule has 1 N–H and O–H groups in total. The summed E-state index contributed by atoms with van der Waals surface area (Å²) in [4.78, 5) is 27.2. The van der Waals surface area contributed by atoms with E-state index in [1.807, 2.05) is 30.0 Å². The van der Waals surface area contributed by atoms with Gasteiger partial charge in [-0.05, 0) is 40.5 Å². The van der Waals surface area contributed by atoms with Crippen LogP contribution in [0.15, 0.2) is 22.7 Å². The van der Waals surface area contributed by atoms with Gasteiger partial charge in [-0.2, -0.15) is 0 Å². The molecule has 1 fully saturated rings. The molecule has 0 unspecified atom stereocenters. The van der Waals surface area contributed by atoms with Gasteiger partial charge in [-0.1, -0.05) is 6.07 Å². The van der Waals surface area contributed by atoms with Crippen LogP contribution in [0.2, 0.25) is 0 Å². The zero-order valence-electron chi connectivity index (χ0n) is 12.4. The minimum absolute atomic E-state index is 0.0316. The molecule has 2 rings (SSSR count). The molecule has 2 amide bonds. The van der Waals surface area contributed by atoms with E-state index in [-0.39, 0.29) is 11.8 Å². The molecule has 0 atom stereocenters. The number of nitrogens with one attached hydrogen (secondary N) is 1. The van der Waals surface area contributed by atoms with Crippen LogP contribution in [-0.4, -0.2) is 54.3 Å². The van der Waals surface area contributed by atoms with Gasteiger partial charge in [0.1, 0.15) is 0 Å². The standard InChI is InChI=1S/C15H20BrN3O2/c1-11-3-4-14(13(16)9-11)17-15(21)10-18-5-7-19(8-6-18)12(2)20/h3-4,9H,5-8,10H2,1-2H3,(H,17,21). The normalized spacial score (nSPS) is 15.9. The Morgan fingerprint density at radius 1 is 1.24 bits per heavy atom.